The number of aromatic amines is 1. The van der Waals surface area contributed by atoms with Crippen molar-refractivity contribution in [2.75, 3.05) is 17.8 Å². The van der Waals surface area contributed by atoms with Gasteiger partial charge in [-0.2, -0.15) is 0 Å². The Hall–Kier alpha value is -3.49. The number of nitrogen functional groups attached to an aromatic ring is 1. The summed E-state index contributed by atoms with van der Waals surface area (Å²) in [5, 5.41) is 2.71. The Kier molecular flexibility index (Phi) is 2.90. The SMILES string of the molecule is Nc1nc[nH]c1-c1nc(C(=O)Nc2ccc3c(c2)OCO3)co1. The first-order valence-corrected chi connectivity index (χ1v) is 6.66. The maximum atomic E-state index is 12.2. The molecule has 1 aliphatic rings. The molecular weight excluding hydrogens is 302 g/mol. The highest BCUT2D eigenvalue weighted by molar-refractivity contribution is 6.03. The summed E-state index contributed by atoms with van der Waals surface area (Å²) in [4.78, 5) is 23.0. The molecule has 0 spiro atoms. The van der Waals surface area contributed by atoms with Gasteiger partial charge in [0, 0.05) is 11.8 Å². The topological polar surface area (TPSA) is 128 Å². The van der Waals surface area contributed by atoms with Crippen LogP contribution in [-0.4, -0.2) is 27.7 Å². The minimum atomic E-state index is -0.419. The number of nitrogens with zero attached hydrogens (tertiary/aromatic N) is 2. The number of oxazole rings is 1. The minimum Gasteiger partial charge on any atom is -0.454 e. The highest BCUT2D eigenvalue weighted by Crippen LogP contribution is 2.34. The third-order valence-corrected chi connectivity index (χ3v) is 3.25. The molecule has 0 radical (unpaired) electrons. The Morgan fingerprint density at radius 3 is 3.00 bits per heavy atom. The van der Waals surface area contributed by atoms with E-state index in [0.717, 1.165) is 0 Å². The maximum Gasteiger partial charge on any atom is 0.277 e. The summed E-state index contributed by atoms with van der Waals surface area (Å²) < 4.78 is 15.7. The van der Waals surface area contributed by atoms with E-state index < -0.39 is 5.91 Å². The number of carbonyl (C=O) groups is 1. The molecule has 9 heteroatoms. The van der Waals surface area contributed by atoms with Crippen molar-refractivity contribution in [1.29, 1.82) is 0 Å². The summed E-state index contributed by atoms with van der Waals surface area (Å²) in [7, 11) is 0. The van der Waals surface area contributed by atoms with Crippen molar-refractivity contribution < 1.29 is 18.7 Å². The van der Waals surface area contributed by atoms with Gasteiger partial charge in [-0.15, -0.1) is 0 Å². The molecule has 4 rings (SSSR count). The van der Waals surface area contributed by atoms with Gasteiger partial charge in [-0.3, -0.25) is 4.79 Å². The number of anilines is 2. The number of imidazole rings is 1. The van der Waals surface area contributed by atoms with E-state index in [-0.39, 0.29) is 24.2 Å². The average molecular weight is 313 g/mol. The molecule has 1 amide bonds. The predicted octanol–water partition coefficient (Wildman–Crippen LogP) is 1.63. The summed E-state index contributed by atoms with van der Waals surface area (Å²) in [6.07, 6.45) is 2.67. The fourth-order valence-corrected chi connectivity index (χ4v) is 2.14. The minimum absolute atomic E-state index is 0.117. The standard InChI is InChI=1S/C14H11N5O4/c15-12-11(16-5-17-12)14-19-8(4-21-14)13(20)18-7-1-2-9-10(3-7)23-6-22-9/h1-5H,6,15H2,(H,16,17)(H,18,20). The quantitative estimate of drug-likeness (QED) is 0.670. The molecule has 3 aromatic rings. The van der Waals surface area contributed by atoms with Gasteiger partial charge in [0.1, 0.15) is 12.0 Å². The first-order chi connectivity index (χ1) is 11.2. The van der Waals surface area contributed by atoms with E-state index in [1.165, 1.54) is 12.6 Å². The number of nitrogens with one attached hydrogen (secondary N) is 2. The second kappa shape index (κ2) is 5.05. The molecule has 3 heterocycles. The Morgan fingerprint density at radius 2 is 2.17 bits per heavy atom. The summed E-state index contributed by atoms with van der Waals surface area (Å²) in [6.45, 7) is 0.172. The lowest BCUT2D eigenvalue weighted by Crippen LogP contribution is -2.12. The van der Waals surface area contributed by atoms with E-state index in [1.807, 2.05) is 0 Å². The third kappa shape index (κ3) is 2.33. The Labute approximate surface area is 129 Å². The average Bonchev–Trinajstić information content (AvgIpc) is 3.25. The van der Waals surface area contributed by atoms with Gasteiger partial charge >= 0.3 is 0 Å². The first-order valence-electron chi connectivity index (χ1n) is 6.66. The Morgan fingerprint density at radius 1 is 1.30 bits per heavy atom. The van der Waals surface area contributed by atoms with Gasteiger partial charge in [-0.05, 0) is 12.1 Å². The van der Waals surface area contributed by atoms with Crippen LogP contribution in [0.2, 0.25) is 0 Å². The van der Waals surface area contributed by atoms with E-state index in [4.69, 9.17) is 19.6 Å². The van der Waals surface area contributed by atoms with Crippen LogP contribution >= 0.6 is 0 Å². The third-order valence-electron chi connectivity index (χ3n) is 3.25. The van der Waals surface area contributed by atoms with Crippen LogP contribution in [0.25, 0.3) is 11.6 Å². The molecule has 1 aromatic carbocycles. The van der Waals surface area contributed by atoms with Crippen LogP contribution in [0, 0.1) is 0 Å². The lowest BCUT2D eigenvalue weighted by atomic mass is 10.2. The van der Waals surface area contributed by atoms with Gasteiger partial charge in [0.2, 0.25) is 12.7 Å². The predicted molar refractivity (Wildman–Crippen MR) is 79.0 cm³/mol. The van der Waals surface area contributed by atoms with Crippen LogP contribution in [0.3, 0.4) is 0 Å². The molecule has 0 bridgehead atoms. The number of fused-ring (bicyclic) bond motifs is 1. The fraction of sp³-hybridized carbons (Fsp3) is 0.0714. The molecule has 9 nitrogen and oxygen atoms in total. The van der Waals surface area contributed by atoms with Gasteiger partial charge < -0.3 is 29.9 Å². The zero-order valence-corrected chi connectivity index (χ0v) is 11.7. The second-order valence-electron chi connectivity index (χ2n) is 4.72. The van der Waals surface area contributed by atoms with Crippen LogP contribution in [0.5, 0.6) is 11.5 Å². The van der Waals surface area contributed by atoms with Crippen molar-refractivity contribution in [2.45, 2.75) is 0 Å². The van der Waals surface area contributed by atoms with Gasteiger partial charge in [0.15, 0.2) is 23.0 Å². The largest absolute Gasteiger partial charge is 0.454 e. The van der Waals surface area contributed by atoms with Gasteiger partial charge in [0.05, 0.1) is 6.33 Å². The van der Waals surface area contributed by atoms with Crippen molar-refractivity contribution in [3.05, 3.63) is 36.5 Å². The molecule has 0 atom stereocenters. The molecule has 1 aliphatic heterocycles. The van der Waals surface area contributed by atoms with E-state index in [0.29, 0.717) is 22.9 Å². The van der Waals surface area contributed by atoms with Gasteiger partial charge in [-0.1, -0.05) is 0 Å². The number of aromatic nitrogens is 3. The lowest BCUT2D eigenvalue weighted by molar-refractivity contribution is 0.102. The molecule has 116 valence electrons. The van der Waals surface area contributed by atoms with E-state index >= 15 is 0 Å². The Balaban J connectivity index is 1.54. The molecule has 0 saturated heterocycles. The van der Waals surface area contributed by atoms with E-state index in [9.17, 15) is 4.79 Å². The second-order valence-corrected chi connectivity index (χ2v) is 4.72. The van der Waals surface area contributed by atoms with Crippen molar-refractivity contribution in [3.63, 3.8) is 0 Å². The van der Waals surface area contributed by atoms with Gasteiger partial charge in [0.25, 0.3) is 5.91 Å². The zero-order chi connectivity index (χ0) is 15.8. The van der Waals surface area contributed by atoms with Crippen LogP contribution in [0.15, 0.2) is 35.2 Å². The van der Waals surface area contributed by atoms with Crippen LogP contribution in [-0.2, 0) is 0 Å². The monoisotopic (exact) mass is 313 g/mol. The number of H-pyrrole nitrogens is 1. The zero-order valence-electron chi connectivity index (χ0n) is 11.7. The molecule has 4 N–H and O–H groups in total. The summed E-state index contributed by atoms with van der Waals surface area (Å²) >= 11 is 0. The fourth-order valence-electron chi connectivity index (χ4n) is 2.14. The number of amides is 1. The highest BCUT2D eigenvalue weighted by atomic mass is 16.7. The molecular formula is C14H11N5O4. The number of ether oxygens (including phenoxy) is 2. The molecule has 0 aliphatic carbocycles. The number of rotatable bonds is 3. The number of carbonyl (C=O) groups excluding carboxylic acids is 1. The molecule has 23 heavy (non-hydrogen) atoms. The maximum absolute atomic E-state index is 12.2. The summed E-state index contributed by atoms with van der Waals surface area (Å²) in [5.74, 6) is 1.23. The lowest BCUT2D eigenvalue weighted by Gasteiger charge is -2.03. The van der Waals surface area contributed by atoms with Crippen molar-refractivity contribution in [2.24, 2.45) is 0 Å². The van der Waals surface area contributed by atoms with E-state index in [2.05, 4.69) is 20.3 Å². The number of nitrogens with two attached hydrogens (primary N) is 1. The van der Waals surface area contributed by atoms with E-state index in [1.54, 1.807) is 18.2 Å². The molecule has 2 aromatic heterocycles. The van der Waals surface area contributed by atoms with Gasteiger partial charge in [-0.25, -0.2) is 9.97 Å². The first kappa shape index (κ1) is 13.2. The number of hydrogen-bond donors (Lipinski definition) is 3. The van der Waals surface area contributed by atoms with Crippen LogP contribution < -0.4 is 20.5 Å². The molecule has 0 unspecified atom stereocenters. The smallest absolute Gasteiger partial charge is 0.277 e. The molecule has 0 fully saturated rings. The number of benzene rings is 1. The van der Waals surface area contributed by atoms with Crippen LogP contribution in [0.1, 0.15) is 10.5 Å². The van der Waals surface area contributed by atoms with Crippen LogP contribution in [0.4, 0.5) is 11.5 Å². The molecule has 0 saturated carbocycles. The Bertz CT molecular complexity index is 885. The van der Waals surface area contributed by atoms with Crippen molar-refractivity contribution in [3.8, 4) is 23.1 Å². The van der Waals surface area contributed by atoms with Crippen molar-refractivity contribution >= 4 is 17.4 Å². The summed E-state index contributed by atoms with van der Waals surface area (Å²) in [6, 6.07) is 5.10. The summed E-state index contributed by atoms with van der Waals surface area (Å²) in [5.41, 5.74) is 6.77. The highest BCUT2D eigenvalue weighted by Gasteiger charge is 2.18. The normalized spacial score (nSPS) is 12.3. The number of hydrogen-bond acceptors (Lipinski definition) is 7. The van der Waals surface area contributed by atoms with Crippen molar-refractivity contribution in [1.82, 2.24) is 15.0 Å².